The van der Waals surface area contributed by atoms with E-state index < -0.39 is 21.5 Å². The lowest BCUT2D eigenvalue weighted by molar-refractivity contribution is 0.365. The summed E-state index contributed by atoms with van der Waals surface area (Å²) >= 11 is 0. The van der Waals surface area contributed by atoms with Crippen LogP contribution < -0.4 is 15.5 Å². The minimum atomic E-state index is -3.00. The molecule has 1 aliphatic rings. The third kappa shape index (κ3) is 8.91. The quantitative estimate of drug-likeness (QED) is 0.292. The van der Waals surface area contributed by atoms with Gasteiger partial charge < -0.3 is 15.5 Å². The number of sulfone groups is 1. The number of anilines is 1. The van der Waals surface area contributed by atoms with Crippen molar-refractivity contribution in [2.75, 3.05) is 43.1 Å². The standard InChI is InChI=1S/C20H32F2N4O2S.HI/c1-5-23-19(24-14-20(2,3)9-11-29(4,27)28)25-16-8-10-26(13-16)18-7-6-15(21)12-17(18)22;/h6-7,12,16H,5,8-11,13-14H2,1-4H3,(H2,23,24,25);1H. The Morgan fingerprint density at radius 2 is 2.03 bits per heavy atom. The summed E-state index contributed by atoms with van der Waals surface area (Å²) in [5.74, 6) is -0.342. The van der Waals surface area contributed by atoms with Crippen LogP contribution >= 0.6 is 24.0 Å². The van der Waals surface area contributed by atoms with Gasteiger partial charge in [0.1, 0.15) is 21.5 Å². The van der Waals surface area contributed by atoms with E-state index >= 15 is 0 Å². The van der Waals surface area contributed by atoms with E-state index in [4.69, 9.17) is 0 Å². The van der Waals surface area contributed by atoms with Crippen LogP contribution in [0.4, 0.5) is 14.5 Å². The fraction of sp³-hybridized carbons (Fsp3) is 0.650. The number of halogens is 3. The van der Waals surface area contributed by atoms with Crippen LogP contribution in [0.1, 0.15) is 33.6 Å². The molecule has 10 heteroatoms. The Bertz CT molecular complexity index is 834. The first-order chi connectivity index (χ1) is 13.5. The molecule has 0 radical (unpaired) electrons. The van der Waals surface area contributed by atoms with Crippen molar-refractivity contribution in [1.29, 1.82) is 0 Å². The van der Waals surface area contributed by atoms with Gasteiger partial charge >= 0.3 is 0 Å². The Morgan fingerprint density at radius 1 is 1.33 bits per heavy atom. The van der Waals surface area contributed by atoms with Gasteiger partial charge in [-0.1, -0.05) is 13.8 Å². The second-order valence-corrected chi connectivity index (χ2v) is 10.7. The highest BCUT2D eigenvalue weighted by Crippen LogP contribution is 2.24. The molecule has 1 atom stereocenters. The summed E-state index contributed by atoms with van der Waals surface area (Å²) in [4.78, 5) is 6.53. The molecule has 0 bridgehead atoms. The minimum absolute atomic E-state index is 0. The maximum atomic E-state index is 14.0. The Labute approximate surface area is 195 Å². The highest BCUT2D eigenvalue weighted by molar-refractivity contribution is 14.0. The summed E-state index contributed by atoms with van der Waals surface area (Å²) in [6, 6.07) is 3.72. The van der Waals surface area contributed by atoms with Crippen molar-refractivity contribution in [3.05, 3.63) is 29.8 Å². The third-order valence-electron chi connectivity index (χ3n) is 4.94. The SMILES string of the molecule is CCNC(=NCC(C)(C)CCS(C)(=O)=O)NC1CCN(c2ccc(F)cc2F)C1.I. The summed E-state index contributed by atoms with van der Waals surface area (Å²) in [7, 11) is -3.00. The summed E-state index contributed by atoms with van der Waals surface area (Å²) in [5.41, 5.74) is 0.157. The Kier molecular flexibility index (Phi) is 10.3. The Hall–Kier alpha value is -1.17. The molecule has 172 valence electrons. The second-order valence-electron chi connectivity index (χ2n) is 8.41. The summed E-state index contributed by atoms with van der Waals surface area (Å²) in [6.45, 7) is 8.41. The smallest absolute Gasteiger partial charge is 0.191 e. The van der Waals surface area contributed by atoms with E-state index in [9.17, 15) is 17.2 Å². The monoisotopic (exact) mass is 558 g/mol. The van der Waals surface area contributed by atoms with Crippen molar-refractivity contribution in [2.45, 2.75) is 39.7 Å². The van der Waals surface area contributed by atoms with E-state index in [0.29, 0.717) is 44.2 Å². The van der Waals surface area contributed by atoms with Gasteiger partial charge in [-0.25, -0.2) is 17.2 Å². The van der Waals surface area contributed by atoms with Gasteiger partial charge in [0, 0.05) is 44.5 Å². The van der Waals surface area contributed by atoms with Crippen molar-refractivity contribution < 1.29 is 17.2 Å². The molecular weight excluding hydrogens is 525 g/mol. The minimum Gasteiger partial charge on any atom is -0.367 e. The van der Waals surface area contributed by atoms with Crippen molar-refractivity contribution in [3.63, 3.8) is 0 Å². The van der Waals surface area contributed by atoms with Crippen LogP contribution in [-0.4, -0.2) is 58.6 Å². The van der Waals surface area contributed by atoms with Crippen LogP contribution in [0, 0.1) is 17.0 Å². The molecule has 0 amide bonds. The number of hydrogen-bond donors (Lipinski definition) is 2. The van der Waals surface area contributed by atoms with Crippen LogP contribution in [0.2, 0.25) is 0 Å². The molecule has 1 unspecified atom stereocenters. The molecule has 1 heterocycles. The maximum Gasteiger partial charge on any atom is 0.191 e. The molecule has 1 aliphatic heterocycles. The molecule has 6 nitrogen and oxygen atoms in total. The number of aliphatic imine (C=N–C) groups is 1. The normalized spacial score (nSPS) is 17.6. The molecule has 1 aromatic carbocycles. The van der Waals surface area contributed by atoms with Crippen LogP contribution in [0.15, 0.2) is 23.2 Å². The average Bonchev–Trinajstić information content (AvgIpc) is 3.06. The summed E-state index contributed by atoms with van der Waals surface area (Å²) < 4.78 is 50.0. The van der Waals surface area contributed by atoms with Crippen molar-refractivity contribution in [2.24, 2.45) is 10.4 Å². The number of nitrogens with one attached hydrogen (secondary N) is 2. The van der Waals surface area contributed by atoms with Gasteiger partial charge in [-0.05, 0) is 37.3 Å². The molecule has 0 spiro atoms. The predicted molar refractivity (Wildman–Crippen MR) is 130 cm³/mol. The van der Waals surface area contributed by atoms with Gasteiger partial charge in [0.2, 0.25) is 0 Å². The number of nitrogens with zero attached hydrogens (tertiary/aromatic N) is 2. The third-order valence-corrected chi connectivity index (χ3v) is 5.88. The lowest BCUT2D eigenvalue weighted by Crippen LogP contribution is -2.45. The number of guanidine groups is 1. The largest absolute Gasteiger partial charge is 0.367 e. The first kappa shape index (κ1) is 26.9. The van der Waals surface area contributed by atoms with Crippen molar-refractivity contribution in [3.8, 4) is 0 Å². The van der Waals surface area contributed by atoms with Gasteiger partial charge in [0.25, 0.3) is 0 Å². The second kappa shape index (κ2) is 11.4. The van der Waals surface area contributed by atoms with Gasteiger partial charge in [-0.2, -0.15) is 0 Å². The lowest BCUT2D eigenvalue weighted by atomic mass is 9.90. The lowest BCUT2D eigenvalue weighted by Gasteiger charge is -2.24. The van der Waals surface area contributed by atoms with Gasteiger partial charge in [0.05, 0.1) is 11.4 Å². The molecule has 0 aromatic heterocycles. The zero-order valence-electron chi connectivity index (χ0n) is 18.0. The van der Waals surface area contributed by atoms with Gasteiger partial charge in [-0.3, -0.25) is 4.99 Å². The molecule has 30 heavy (non-hydrogen) atoms. The predicted octanol–water partition coefficient (Wildman–Crippen LogP) is 3.18. The zero-order valence-corrected chi connectivity index (χ0v) is 21.2. The fourth-order valence-electron chi connectivity index (χ4n) is 3.18. The first-order valence-corrected chi connectivity index (χ1v) is 12.0. The van der Waals surface area contributed by atoms with Crippen LogP contribution in [-0.2, 0) is 9.84 Å². The first-order valence-electron chi connectivity index (χ1n) is 9.92. The van der Waals surface area contributed by atoms with E-state index in [1.54, 1.807) is 0 Å². The van der Waals surface area contributed by atoms with Crippen LogP contribution in [0.3, 0.4) is 0 Å². The van der Waals surface area contributed by atoms with E-state index in [1.165, 1.54) is 18.4 Å². The van der Waals surface area contributed by atoms with Crippen LogP contribution in [0.5, 0.6) is 0 Å². The van der Waals surface area contributed by atoms with Crippen LogP contribution in [0.25, 0.3) is 0 Å². The highest BCUT2D eigenvalue weighted by Gasteiger charge is 2.26. The molecular formula is C20H33F2IN4O2S. The summed E-state index contributed by atoms with van der Waals surface area (Å²) in [6.07, 6.45) is 2.59. The van der Waals surface area contributed by atoms with E-state index in [-0.39, 0.29) is 41.2 Å². The molecule has 1 saturated heterocycles. The topological polar surface area (TPSA) is 73.8 Å². The fourth-order valence-corrected chi connectivity index (χ4v) is 4.11. The highest BCUT2D eigenvalue weighted by atomic mass is 127. The van der Waals surface area contributed by atoms with E-state index in [0.717, 1.165) is 12.5 Å². The Balaban J connectivity index is 0.00000450. The number of hydrogen-bond acceptors (Lipinski definition) is 4. The summed E-state index contributed by atoms with van der Waals surface area (Å²) in [5, 5.41) is 6.58. The average molecular weight is 558 g/mol. The molecule has 0 saturated carbocycles. The number of benzene rings is 1. The molecule has 1 fully saturated rings. The van der Waals surface area contributed by atoms with Gasteiger partial charge in [-0.15, -0.1) is 24.0 Å². The zero-order chi connectivity index (χ0) is 21.7. The van der Waals surface area contributed by atoms with Crippen molar-refractivity contribution >= 4 is 45.5 Å². The molecule has 2 N–H and O–H groups in total. The molecule has 1 aromatic rings. The molecule has 2 rings (SSSR count). The number of rotatable bonds is 8. The van der Waals surface area contributed by atoms with E-state index in [2.05, 4.69) is 15.6 Å². The van der Waals surface area contributed by atoms with Gasteiger partial charge in [0.15, 0.2) is 5.96 Å². The van der Waals surface area contributed by atoms with E-state index in [1.807, 2.05) is 25.7 Å². The maximum absolute atomic E-state index is 14.0. The van der Waals surface area contributed by atoms with Crippen molar-refractivity contribution in [1.82, 2.24) is 10.6 Å². The molecule has 0 aliphatic carbocycles. The Morgan fingerprint density at radius 3 is 2.63 bits per heavy atom.